The average Bonchev–Trinajstić information content (AvgIpc) is 3.33. The van der Waals surface area contributed by atoms with Crippen molar-refractivity contribution in [1.82, 2.24) is 5.32 Å². The molecule has 2 aliphatic heterocycles. The number of ketones is 1. The van der Waals surface area contributed by atoms with Gasteiger partial charge in [-0.05, 0) is 37.7 Å². The zero-order valence-corrected chi connectivity index (χ0v) is 21.4. The number of hydrogen-bond donors (Lipinski definition) is 1. The summed E-state index contributed by atoms with van der Waals surface area (Å²) in [6, 6.07) is 3.59. The lowest BCUT2D eigenvalue weighted by molar-refractivity contribution is -0.142. The van der Waals surface area contributed by atoms with Gasteiger partial charge in [-0.2, -0.15) is 0 Å². The summed E-state index contributed by atoms with van der Waals surface area (Å²) in [4.78, 5) is 27.1. The van der Waals surface area contributed by atoms with Crippen LogP contribution >= 0.6 is 0 Å². The van der Waals surface area contributed by atoms with E-state index in [0.29, 0.717) is 59.1 Å². The molecule has 4 rings (SSSR count). The third kappa shape index (κ3) is 4.76. The van der Waals surface area contributed by atoms with Crippen LogP contribution in [-0.2, 0) is 19.1 Å². The molecular formula is C27H35NO7. The molecule has 1 aromatic rings. The van der Waals surface area contributed by atoms with E-state index < -0.39 is 11.9 Å². The van der Waals surface area contributed by atoms with Crippen molar-refractivity contribution in [3.63, 3.8) is 0 Å². The van der Waals surface area contributed by atoms with Crippen molar-refractivity contribution in [3.8, 4) is 17.2 Å². The highest BCUT2D eigenvalue weighted by molar-refractivity contribution is 6.04. The van der Waals surface area contributed by atoms with Crippen LogP contribution in [0.2, 0.25) is 0 Å². The van der Waals surface area contributed by atoms with Gasteiger partial charge in [0.15, 0.2) is 17.3 Å². The van der Waals surface area contributed by atoms with Crippen LogP contribution in [0.4, 0.5) is 0 Å². The lowest BCUT2D eigenvalue weighted by Gasteiger charge is -2.39. The quantitative estimate of drug-likeness (QED) is 0.579. The molecule has 0 spiro atoms. The van der Waals surface area contributed by atoms with Crippen molar-refractivity contribution in [2.75, 3.05) is 34.5 Å². The number of esters is 1. The minimum atomic E-state index is -0.665. The van der Waals surface area contributed by atoms with E-state index in [2.05, 4.69) is 19.2 Å². The SMILES string of the molecule is COc1ccc([C@@H]2C(C(=O)OC[C@H]3CCCO3)=C(C)NC3=C2C(=O)CC(C)(C)C3)c(OC)c1OC. The molecule has 1 aliphatic carbocycles. The number of hydrogen-bond acceptors (Lipinski definition) is 8. The van der Waals surface area contributed by atoms with E-state index in [1.165, 1.54) is 14.2 Å². The highest BCUT2D eigenvalue weighted by atomic mass is 16.6. The maximum absolute atomic E-state index is 13.6. The zero-order valence-electron chi connectivity index (χ0n) is 21.4. The smallest absolute Gasteiger partial charge is 0.336 e. The molecule has 3 aliphatic rings. The fraction of sp³-hybridized carbons (Fsp3) is 0.556. The molecule has 1 aromatic carbocycles. The lowest BCUT2D eigenvalue weighted by atomic mass is 9.68. The van der Waals surface area contributed by atoms with Gasteiger partial charge in [0.25, 0.3) is 0 Å². The number of carbonyl (C=O) groups excluding carboxylic acids is 2. The maximum Gasteiger partial charge on any atom is 0.336 e. The molecule has 35 heavy (non-hydrogen) atoms. The van der Waals surface area contributed by atoms with Crippen LogP contribution in [0.1, 0.15) is 57.9 Å². The topological polar surface area (TPSA) is 92.3 Å². The van der Waals surface area contributed by atoms with E-state index in [1.807, 2.05) is 13.0 Å². The maximum atomic E-state index is 13.6. The number of allylic oxidation sites excluding steroid dienone is 3. The Kier molecular flexibility index (Phi) is 7.12. The predicted molar refractivity (Wildman–Crippen MR) is 130 cm³/mol. The van der Waals surface area contributed by atoms with Crippen LogP contribution in [0.25, 0.3) is 0 Å². The number of ether oxygens (including phenoxy) is 5. The van der Waals surface area contributed by atoms with Gasteiger partial charge in [-0.3, -0.25) is 4.79 Å². The van der Waals surface area contributed by atoms with Gasteiger partial charge in [-0.1, -0.05) is 19.9 Å². The number of dihydropyridines is 1. The molecular weight excluding hydrogens is 450 g/mol. The number of carbonyl (C=O) groups is 2. The monoisotopic (exact) mass is 485 g/mol. The zero-order chi connectivity index (χ0) is 25.3. The summed E-state index contributed by atoms with van der Waals surface area (Å²) in [7, 11) is 4.62. The summed E-state index contributed by atoms with van der Waals surface area (Å²) in [6.45, 7) is 6.86. The number of benzene rings is 1. The molecule has 0 bridgehead atoms. The summed E-state index contributed by atoms with van der Waals surface area (Å²) in [6.07, 6.45) is 2.79. The van der Waals surface area contributed by atoms with Crippen LogP contribution in [0, 0.1) is 5.41 Å². The Hall–Kier alpha value is -3.00. The Morgan fingerprint density at radius 3 is 2.49 bits per heavy atom. The average molecular weight is 486 g/mol. The highest BCUT2D eigenvalue weighted by Crippen LogP contribution is 2.51. The fourth-order valence-electron chi connectivity index (χ4n) is 5.39. The summed E-state index contributed by atoms with van der Waals surface area (Å²) in [5.74, 6) is 0.179. The minimum Gasteiger partial charge on any atom is -0.493 e. The molecule has 0 aromatic heterocycles. The normalized spacial score (nSPS) is 23.5. The summed E-state index contributed by atoms with van der Waals surface area (Å²) in [5.41, 5.74) is 2.92. The first kappa shape index (κ1) is 25.1. The first-order valence-corrected chi connectivity index (χ1v) is 12.0. The van der Waals surface area contributed by atoms with Crippen LogP contribution < -0.4 is 19.5 Å². The molecule has 1 saturated heterocycles. The van der Waals surface area contributed by atoms with Crippen molar-refractivity contribution in [1.29, 1.82) is 0 Å². The first-order chi connectivity index (χ1) is 16.7. The van der Waals surface area contributed by atoms with Gasteiger partial charge in [0.05, 0.1) is 38.9 Å². The molecule has 0 radical (unpaired) electrons. The predicted octanol–water partition coefficient (Wildman–Crippen LogP) is 4.04. The van der Waals surface area contributed by atoms with Crippen LogP contribution in [0.15, 0.2) is 34.7 Å². The Bertz CT molecular complexity index is 1080. The van der Waals surface area contributed by atoms with Gasteiger partial charge in [-0.15, -0.1) is 0 Å². The van der Waals surface area contributed by atoms with Gasteiger partial charge >= 0.3 is 5.97 Å². The van der Waals surface area contributed by atoms with Gasteiger partial charge < -0.3 is 29.0 Å². The molecule has 0 unspecified atom stereocenters. The van der Waals surface area contributed by atoms with E-state index in [4.69, 9.17) is 23.7 Å². The van der Waals surface area contributed by atoms with Crippen molar-refractivity contribution in [2.24, 2.45) is 5.41 Å². The molecule has 0 amide bonds. The third-order valence-corrected chi connectivity index (χ3v) is 6.93. The fourth-order valence-corrected chi connectivity index (χ4v) is 5.39. The Balaban J connectivity index is 1.84. The number of nitrogens with one attached hydrogen (secondary N) is 1. The number of Topliss-reactive ketones (excluding diaryl/α,β-unsaturated/α-hetero) is 1. The van der Waals surface area contributed by atoms with Crippen molar-refractivity contribution >= 4 is 11.8 Å². The molecule has 2 atom stereocenters. The van der Waals surface area contributed by atoms with Crippen LogP contribution in [-0.4, -0.2) is 52.4 Å². The molecule has 1 fully saturated rings. The Labute approximate surface area is 206 Å². The summed E-state index contributed by atoms with van der Waals surface area (Å²) >= 11 is 0. The largest absolute Gasteiger partial charge is 0.493 e. The van der Waals surface area contributed by atoms with Crippen molar-refractivity contribution < 1.29 is 33.3 Å². The van der Waals surface area contributed by atoms with Gasteiger partial charge in [0.2, 0.25) is 5.75 Å². The standard InChI is InChI=1S/C27H35NO7/c1-15-21(26(30)35-14-16-8-7-11-34-16)22(23-18(28-15)12-27(2,3)13-19(23)29)17-9-10-20(31-4)25(33-6)24(17)32-5/h9-10,16,22,28H,7-8,11-14H2,1-6H3/t16-,22-/m1/s1. The molecule has 2 heterocycles. The first-order valence-electron chi connectivity index (χ1n) is 12.0. The molecule has 8 nitrogen and oxygen atoms in total. The van der Waals surface area contributed by atoms with E-state index in [0.717, 1.165) is 18.5 Å². The molecule has 1 N–H and O–H groups in total. The number of rotatable bonds is 7. The van der Waals surface area contributed by atoms with E-state index in [9.17, 15) is 9.59 Å². The lowest BCUT2D eigenvalue weighted by Crippen LogP contribution is -2.39. The second kappa shape index (κ2) is 9.93. The van der Waals surface area contributed by atoms with Crippen molar-refractivity contribution in [3.05, 3.63) is 40.2 Å². The van der Waals surface area contributed by atoms with Crippen molar-refractivity contribution in [2.45, 2.75) is 58.5 Å². The second-order valence-electron chi connectivity index (χ2n) is 10.1. The van der Waals surface area contributed by atoms with E-state index in [-0.39, 0.29) is 23.9 Å². The number of methoxy groups -OCH3 is 3. The van der Waals surface area contributed by atoms with Crippen LogP contribution in [0.5, 0.6) is 17.2 Å². The molecule has 0 saturated carbocycles. The Morgan fingerprint density at radius 1 is 1.11 bits per heavy atom. The summed E-state index contributed by atoms with van der Waals surface area (Å²) in [5, 5.41) is 3.36. The Morgan fingerprint density at radius 2 is 1.86 bits per heavy atom. The summed E-state index contributed by atoms with van der Waals surface area (Å²) < 4.78 is 28.2. The van der Waals surface area contributed by atoms with Gasteiger partial charge in [0.1, 0.15) is 6.61 Å². The van der Waals surface area contributed by atoms with Crippen LogP contribution in [0.3, 0.4) is 0 Å². The third-order valence-electron chi connectivity index (χ3n) is 6.93. The second-order valence-corrected chi connectivity index (χ2v) is 10.1. The highest BCUT2D eigenvalue weighted by Gasteiger charge is 2.44. The minimum absolute atomic E-state index is 0.00233. The van der Waals surface area contributed by atoms with E-state index >= 15 is 0 Å². The van der Waals surface area contributed by atoms with Gasteiger partial charge in [-0.25, -0.2) is 4.79 Å². The molecule has 190 valence electrons. The van der Waals surface area contributed by atoms with Gasteiger partial charge in [0, 0.05) is 35.6 Å². The molecule has 8 heteroatoms. The van der Waals surface area contributed by atoms with E-state index in [1.54, 1.807) is 13.2 Å².